The quantitative estimate of drug-likeness (QED) is 0.426. The van der Waals surface area contributed by atoms with Crippen LogP contribution in [-0.2, 0) is 28.4 Å². The Balaban J connectivity index is 1.60. The lowest BCUT2D eigenvalue weighted by Crippen LogP contribution is -2.38. The molecule has 2 aromatic carbocycles. The van der Waals surface area contributed by atoms with E-state index in [9.17, 15) is 13.2 Å². The molecule has 186 valence electrons. The average molecular weight is 497 g/mol. The Morgan fingerprint density at radius 1 is 1.11 bits per heavy atom. The minimum atomic E-state index is -3.89. The Morgan fingerprint density at radius 3 is 2.40 bits per heavy atom. The molecule has 9 heteroatoms. The van der Waals surface area contributed by atoms with Gasteiger partial charge in [0.15, 0.2) is 0 Å². The van der Waals surface area contributed by atoms with Gasteiger partial charge in [-0.1, -0.05) is 6.07 Å². The second kappa shape index (κ2) is 10.1. The lowest BCUT2D eigenvalue weighted by atomic mass is 10.1. The van der Waals surface area contributed by atoms with Crippen molar-refractivity contribution in [1.82, 2.24) is 14.5 Å². The number of aryl methyl sites for hydroxylation is 3. The van der Waals surface area contributed by atoms with Gasteiger partial charge in [0.2, 0.25) is 5.91 Å². The Labute approximate surface area is 207 Å². The van der Waals surface area contributed by atoms with Gasteiger partial charge < -0.3 is 14.2 Å². The van der Waals surface area contributed by atoms with E-state index in [1.807, 2.05) is 36.6 Å². The second-order valence-electron chi connectivity index (χ2n) is 8.98. The highest BCUT2D eigenvalue weighted by atomic mass is 32.2. The Bertz CT molecular complexity index is 1300. The van der Waals surface area contributed by atoms with Crippen LogP contribution in [0.25, 0.3) is 0 Å². The van der Waals surface area contributed by atoms with Crippen molar-refractivity contribution < 1.29 is 17.9 Å². The molecule has 0 spiro atoms. The monoisotopic (exact) mass is 496 g/mol. The highest BCUT2D eigenvalue weighted by Gasteiger charge is 2.34. The van der Waals surface area contributed by atoms with Crippen molar-refractivity contribution in [2.45, 2.75) is 50.6 Å². The van der Waals surface area contributed by atoms with Crippen molar-refractivity contribution in [2.75, 3.05) is 18.0 Å². The van der Waals surface area contributed by atoms with Gasteiger partial charge in [0.05, 0.1) is 24.2 Å². The first-order valence-electron chi connectivity index (χ1n) is 11.7. The fourth-order valence-electron chi connectivity index (χ4n) is 3.99. The summed E-state index contributed by atoms with van der Waals surface area (Å²) in [6.45, 7) is 4.28. The van der Waals surface area contributed by atoms with E-state index in [1.54, 1.807) is 55.8 Å². The Morgan fingerprint density at radius 2 is 1.83 bits per heavy atom. The number of ether oxygens (including phenoxy) is 1. The average Bonchev–Trinajstić information content (AvgIpc) is 3.60. The standard InChI is InChI=1S/C26H32N4O4S/c1-19-5-12-24(17-20(19)2)35(32,33)30(22-8-10-23(34-4)11-9-22)15-13-26(31)29(21-6-7-21)18-25-27-14-16-28(25)3/h5,8-12,14,16-17,21H,6-7,13,15,18H2,1-4H3. The van der Waals surface area contributed by atoms with E-state index in [2.05, 4.69) is 4.98 Å². The van der Waals surface area contributed by atoms with E-state index in [-0.39, 0.29) is 29.8 Å². The summed E-state index contributed by atoms with van der Waals surface area (Å²) in [4.78, 5) is 19.7. The van der Waals surface area contributed by atoms with Crippen LogP contribution in [0.15, 0.2) is 59.8 Å². The smallest absolute Gasteiger partial charge is 0.264 e. The molecule has 1 amide bonds. The summed E-state index contributed by atoms with van der Waals surface area (Å²) < 4.78 is 35.9. The van der Waals surface area contributed by atoms with Crippen molar-refractivity contribution in [3.8, 4) is 5.75 Å². The topological polar surface area (TPSA) is 84.7 Å². The van der Waals surface area contributed by atoms with Gasteiger partial charge in [-0.3, -0.25) is 9.10 Å². The minimum Gasteiger partial charge on any atom is -0.497 e. The van der Waals surface area contributed by atoms with Gasteiger partial charge in [-0.2, -0.15) is 0 Å². The number of benzene rings is 2. The van der Waals surface area contributed by atoms with Crippen LogP contribution in [0.4, 0.5) is 5.69 Å². The highest BCUT2D eigenvalue weighted by molar-refractivity contribution is 7.92. The number of amides is 1. The van der Waals surface area contributed by atoms with Crippen LogP contribution >= 0.6 is 0 Å². The number of nitrogens with zero attached hydrogens (tertiary/aromatic N) is 4. The summed E-state index contributed by atoms with van der Waals surface area (Å²) in [7, 11) is -0.427. The zero-order valence-corrected chi connectivity index (χ0v) is 21.5. The second-order valence-corrected chi connectivity index (χ2v) is 10.8. The van der Waals surface area contributed by atoms with Gasteiger partial charge in [-0.05, 0) is 74.2 Å². The number of anilines is 1. The molecule has 0 N–H and O–H groups in total. The maximum atomic E-state index is 13.7. The first-order valence-corrected chi connectivity index (χ1v) is 13.1. The predicted molar refractivity (Wildman–Crippen MR) is 135 cm³/mol. The van der Waals surface area contributed by atoms with Gasteiger partial charge >= 0.3 is 0 Å². The lowest BCUT2D eigenvalue weighted by molar-refractivity contribution is -0.132. The Kier molecular flexibility index (Phi) is 7.16. The van der Waals surface area contributed by atoms with Gasteiger partial charge in [0.25, 0.3) is 10.0 Å². The Hall–Kier alpha value is -3.33. The number of rotatable bonds is 10. The molecule has 4 rings (SSSR count). The maximum Gasteiger partial charge on any atom is 0.264 e. The van der Waals surface area contributed by atoms with E-state index in [0.29, 0.717) is 18.0 Å². The predicted octanol–water partition coefficient (Wildman–Crippen LogP) is 3.82. The molecule has 0 saturated heterocycles. The van der Waals surface area contributed by atoms with E-state index in [4.69, 9.17) is 4.74 Å². The number of aromatic nitrogens is 2. The molecule has 0 atom stereocenters. The minimum absolute atomic E-state index is 0.0319. The van der Waals surface area contributed by atoms with E-state index >= 15 is 0 Å². The summed E-state index contributed by atoms with van der Waals surface area (Å²) in [5.41, 5.74) is 2.40. The number of carbonyl (C=O) groups excluding carboxylic acids is 1. The third-order valence-corrected chi connectivity index (χ3v) is 8.32. The summed E-state index contributed by atoms with van der Waals surface area (Å²) in [5.74, 6) is 1.35. The van der Waals surface area contributed by atoms with Crippen molar-refractivity contribution in [2.24, 2.45) is 7.05 Å². The molecule has 8 nitrogen and oxygen atoms in total. The summed E-state index contributed by atoms with van der Waals surface area (Å²) in [5, 5.41) is 0. The molecular weight excluding hydrogens is 464 g/mol. The molecule has 1 fully saturated rings. The van der Waals surface area contributed by atoms with Gasteiger partial charge in [-0.25, -0.2) is 13.4 Å². The fourth-order valence-corrected chi connectivity index (χ4v) is 5.54. The molecule has 0 unspecified atom stereocenters. The van der Waals surface area contributed by atoms with Crippen LogP contribution in [0.3, 0.4) is 0 Å². The SMILES string of the molecule is COc1ccc(N(CCC(=O)N(Cc2nccn2C)C2CC2)S(=O)(=O)c2ccc(C)c(C)c2)cc1. The van der Waals surface area contributed by atoms with Crippen molar-refractivity contribution in [3.63, 3.8) is 0 Å². The largest absolute Gasteiger partial charge is 0.497 e. The van der Waals surface area contributed by atoms with E-state index < -0.39 is 10.0 Å². The van der Waals surface area contributed by atoms with Crippen LogP contribution in [0, 0.1) is 13.8 Å². The molecule has 1 heterocycles. The molecule has 1 aromatic heterocycles. The molecular formula is C26H32N4O4S. The first-order chi connectivity index (χ1) is 16.7. The number of carbonyl (C=O) groups is 1. The molecule has 35 heavy (non-hydrogen) atoms. The molecule has 1 saturated carbocycles. The first kappa shape index (κ1) is 24.8. The van der Waals surface area contributed by atoms with E-state index in [1.165, 1.54) is 4.31 Å². The summed E-state index contributed by atoms with van der Waals surface area (Å²) in [6.07, 6.45) is 5.55. The van der Waals surface area contributed by atoms with Gasteiger partial charge in [0.1, 0.15) is 11.6 Å². The number of hydrogen-bond donors (Lipinski definition) is 0. The molecule has 0 bridgehead atoms. The third kappa shape index (κ3) is 5.51. The third-order valence-electron chi connectivity index (χ3n) is 6.50. The fraction of sp³-hybridized carbons (Fsp3) is 0.385. The maximum absolute atomic E-state index is 13.7. The van der Waals surface area contributed by atoms with Crippen LogP contribution in [0.5, 0.6) is 5.75 Å². The highest BCUT2D eigenvalue weighted by Crippen LogP contribution is 2.30. The zero-order chi connectivity index (χ0) is 25.2. The lowest BCUT2D eigenvalue weighted by Gasteiger charge is -2.27. The molecule has 1 aliphatic rings. The molecule has 3 aromatic rings. The van der Waals surface area contributed by atoms with Crippen molar-refractivity contribution in [1.29, 1.82) is 0 Å². The van der Waals surface area contributed by atoms with Crippen LogP contribution in [0.2, 0.25) is 0 Å². The van der Waals surface area contributed by atoms with Crippen molar-refractivity contribution >= 4 is 21.6 Å². The number of hydrogen-bond acceptors (Lipinski definition) is 5. The number of methoxy groups -OCH3 is 1. The number of sulfonamides is 1. The molecule has 0 aliphatic heterocycles. The summed E-state index contributed by atoms with van der Waals surface area (Å²) in [6, 6.07) is 12.1. The zero-order valence-electron chi connectivity index (χ0n) is 20.6. The number of imidazole rings is 1. The van der Waals surface area contributed by atoms with Crippen LogP contribution in [0.1, 0.15) is 36.2 Å². The van der Waals surface area contributed by atoms with Crippen LogP contribution < -0.4 is 9.04 Å². The van der Waals surface area contributed by atoms with Gasteiger partial charge in [0, 0.05) is 38.4 Å². The molecule has 0 radical (unpaired) electrons. The molecule has 1 aliphatic carbocycles. The van der Waals surface area contributed by atoms with Gasteiger partial charge in [-0.15, -0.1) is 0 Å². The van der Waals surface area contributed by atoms with Crippen molar-refractivity contribution in [3.05, 3.63) is 71.8 Å². The summed E-state index contributed by atoms with van der Waals surface area (Å²) >= 11 is 0. The van der Waals surface area contributed by atoms with E-state index in [0.717, 1.165) is 29.8 Å². The normalized spacial score (nSPS) is 13.5. The van der Waals surface area contributed by atoms with Crippen LogP contribution in [-0.4, -0.2) is 48.5 Å².